The Morgan fingerprint density at radius 3 is 2.44 bits per heavy atom. The number of nitrogens with zero attached hydrogens (tertiary/aromatic N) is 2. The molecule has 0 aromatic heterocycles. The molecule has 5 aliphatic rings. The lowest BCUT2D eigenvalue weighted by Gasteiger charge is -2.40. The minimum atomic E-state index is 0.0587. The average Bonchev–Trinajstić information content (AvgIpc) is 3.67. The van der Waals surface area contributed by atoms with E-state index in [2.05, 4.69) is 29.4 Å². The molecule has 1 aromatic rings. The SMILES string of the molecule is CN1c2ccc(C(=O)N3CCC(C(=O)NC4CC4)CC3)cc2C2CC(C3CCOCC3)CCC21. The number of hydrogen-bond donors (Lipinski definition) is 1. The smallest absolute Gasteiger partial charge is 0.253 e. The van der Waals surface area contributed by atoms with Crippen molar-refractivity contribution < 1.29 is 14.3 Å². The van der Waals surface area contributed by atoms with Crippen LogP contribution in [0.15, 0.2) is 18.2 Å². The van der Waals surface area contributed by atoms with Crippen LogP contribution in [-0.2, 0) is 9.53 Å². The third-order valence-electron chi connectivity index (χ3n) is 9.42. The molecule has 1 N–H and O–H groups in total. The van der Waals surface area contributed by atoms with Crippen molar-refractivity contribution in [1.82, 2.24) is 10.2 Å². The quantitative estimate of drug-likeness (QED) is 0.732. The minimum absolute atomic E-state index is 0.0587. The summed E-state index contributed by atoms with van der Waals surface area (Å²) in [6.07, 6.45) is 10.0. The molecular weight excluding hydrogens is 426 g/mol. The van der Waals surface area contributed by atoms with Gasteiger partial charge in [0.25, 0.3) is 5.91 Å². The van der Waals surface area contributed by atoms with Crippen molar-refractivity contribution in [1.29, 1.82) is 0 Å². The number of piperidine rings is 1. The average molecular weight is 466 g/mol. The van der Waals surface area contributed by atoms with Gasteiger partial charge in [0.15, 0.2) is 0 Å². The predicted molar refractivity (Wildman–Crippen MR) is 132 cm³/mol. The highest BCUT2D eigenvalue weighted by Crippen LogP contribution is 2.51. The standard InChI is InChI=1S/C28H39N3O3/c1-30-25-6-2-20(18-10-14-34-15-11-18)16-23(25)24-17-21(3-7-26(24)30)28(33)31-12-8-19(9-13-31)27(32)29-22-4-5-22/h3,7,17-20,22-23,25H,2,4-6,8-16H2,1H3,(H,29,32). The second-order valence-corrected chi connectivity index (χ2v) is 11.4. The molecule has 4 fully saturated rings. The van der Waals surface area contributed by atoms with Crippen molar-refractivity contribution in [2.75, 3.05) is 38.3 Å². The number of likely N-dealkylation sites (N-methyl/N-ethyl adjacent to an activating group) is 1. The molecule has 0 bridgehead atoms. The Morgan fingerprint density at radius 2 is 1.71 bits per heavy atom. The molecule has 2 amide bonds. The Morgan fingerprint density at radius 1 is 0.941 bits per heavy atom. The number of hydrogen-bond acceptors (Lipinski definition) is 4. The topological polar surface area (TPSA) is 61.9 Å². The van der Waals surface area contributed by atoms with E-state index in [1.165, 1.54) is 43.4 Å². The van der Waals surface area contributed by atoms with E-state index in [0.717, 1.165) is 56.3 Å². The number of likely N-dealkylation sites (tertiary alicyclic amines) is 1. The minimum Gasteiger partial charge on any atom is -0.381 e. The highest BCUT2D eigenvalue weighted by molar-refractivity contribution is 5.95. The number of benzene rings is 1. The number of amides is 2. The second kappa shape index (κ2) is 9.18. The van der Waals surface area contributed by atoms with Crippen molar-refractivity contribution >= 4 is 17.5 Å². The fraction of sp³-hybridized carbons (Fsp3) is 0.714. The van der Waals surface area contributed by atoms with E-state index in [-0.39, 0.29) is 17.7 Å². The van der Waals surface area contributed by atoms with E-state index >= 15 is 0 Å². The van der Waals surface area contributed by atoms with E-state index in [1.807, 2.05) is 11.0 Å². The molecule has 2 saturated heterocycles. The summed E-state index contributed by atoms with van der Waals surface area (Å²) in [7, 11) is 2.23. The van der Waals surface area contributed by atoms with Gasteiger partial charge in [-0.25, -0.2) is 0 Å². The number of carbonyl (C=O) groups is 2. The maximum atomic E-state index is 13.4. The van der Waals surface area contributed by atoms with Crippen molar-refractivity contribution in [2.24, 2.45) is 17.8 Å². The van der Waals surface area contributed by atoms with Crippen LogP contribution in [0.4, 0.5) is 5.69 Å². The summed E-state index contributed by atoms with van der Waals surface area (Å²) in [4.78, 5) is 30.3. The first-order valence-corrected chi connectivity index (χ1v) is 13.6. The van der Waals surface area contributed by atoms with Gasteiger partial charge in [0.2, 0.25) is 5.91 Å². The molecule has 3 heterocycles. The molecule has 2 saturated carbocycles. The lowest BCUT2D eigenvalue weighted by atomic mass is 9.70. The molecule has 3 atom stereocenters. The number of ether oxygens (including phenoxy) is 1. The van der Waals surface area contributed by atoms with Crippen LogP contribution < -0.4 is 10.2 Å². The zero-order valence-corrected chi connectivity index (χ0v) is 20.5. The van der Waals surface area contributed by atoms with Crippen molar-refractivity contribution in [3.8, 4) is 0 Å². The highest BCUT2D eigenvalue weighted by atomic mass is 16.5. The zero-order valence-electron chi connectivity index (χ0n) is 20.5. The largest absolute Gasteiger partial charge is 0.381 e. The van der Waals surface area contributed by atoms with Crippen LogP contribution >= 0.6 is 0 Å². The first kappa shape index (κ1) is 22.4. The van der Waals surface area contributed by atoms with Crippen LogP contribution in [0.25, 0.3) is 0 Å². The third kappa shape index (κ3) is 4.23. The molecule has 3 unspecified atom stereocenters. The van der Waals surface area contributed by atoms with Gasteiger partial charge in [-0.2, -0.15) is 0 Å². The van der Waals surface area contributed by atoms with Gasteiger partial charge in [-0.1, -0.05) is 0 Å². The fourth-order valence-electron chi connectivity index (χ4n) is 7.16. The van der Waals surface area contributed by atoms with E-state index in [0.29, 0.717) is 31.1 Å². The molecule has 6 nitrogen and oxygen atoms in total. The van der Waals surface area contributed by atoms with E-state index in [9.17, 15) is 9.59 Å². The van der Waals surface area contributed by atoms with Gasteiger partial charge in [0, 0.05) is 68.5 Å². The zero-order chi connectivity index (χ0) is 23.2. The van der Waals surface area contributed by atoms with E-state index in [1.54, 1.807) is 0 Å². The molecule has 0 spiro atoms. The lowest BCUT2D eigenvalue weighted by molar-refractivity contribution is -0.126. The van der Waals surface area contributed by atoms with Gasteiger partial charge in [-0.3, -0.25) is 9.59 Å². The maximum Gasteiger partial charge on any atom is 0.253 e. The summed E-state index contributed by atoms with van der Waals surface area (Å²) >= 11 is 0. The van der Waals surface area contributed by atoms with Crippen molar-refractivity contribution in [2.45, 2.75) is 75.8 Å². The van der Waals surface area contributed by atoms with Gasteiger partial charge in [-0.15, -0.1) is 0 Å². The fourth-order valence-corrected chi connectivity index (χ4v) is 7.16. The first-order valence-electron chi connectivity index (χ1n) is 13.6. The van der Waals surface area contributed by atoms with Crippen LogP contribution in [0.5, 0.6) is 0 Å². The molecule has 1 aromatic carbocycles. The van der Waals surface area contributed by atoms with Gasteiger partial charge in [-0.05, 0) is 93.4 Å². The first-order chi connectivity index (χ1) is 16.6. The molecule has 6 heteroatoms. The number of rotatable bonds is 4. The Labute approximate surface area is 203 Å². The summed E-state index contributed by atoms with van der Waals surface area (Å²) in [6, 6.07) is 7.39. The molecule has 2 aliphatic carbocycles. The van der Waals surface area contributed by atoms with Crippen LogP contribution in [-0.4, -0.2) is 62.1 Å². The third-order valence-corrected chi connectivity index (χ3v) is 9.42. The van der Waals surface area contributed by atoms with Crippen molar-refractivity contribution in [3.05, 3.63) is 29.3 Å². The molecule has 184 valence electrons. The van der Waals surface area contributed by atoms with Gasteiger partial charge < -0.3 is 19.9 Å². The summed E-state index contributed by atoms with van der Waals surface area (Å²) in [5.41, 5.74) is 3.52. The van der Waals surface area contributed by atoms with Crippen LogP contribution in [0.1, 0.15) is 79.6 Å². The normalized spacial score (nSPS) is 30.1. The van der Waals surface area contributed by atoms with Gasteiger partial charge >= 0.3 is 0 Å². The van der Waals surface area contributed by atoms with Crippen LogP contribution in [0.2, 0.25) is 0 Å². The molecular formula is C28H39N3O3. The molecule has 34 heavy (non-hydrogen) atoms. The van der Waals surface area contributed by atoms with Crippen molar-refractivity contribution in [3.63, 3.8) is 0 Å². The van der Waals surface area contributed by atoms with Gasteiger partial charge in [0.1, 0.15) is 0 Å². The Bertz CT molecular complexity index is 931. The predicted octanol–water partition coefficient (Wildman–Crippen LogP) is 3.95. The van der Waals surface area contributed by atoms with E-state index in [4.69, 9.17) is 4.74 Å². The Balaban J connectivity index is 1.13. The number of fused-ring (bicyclic) bond motifs is 3. The number of anilines is 1. The summed E-state index contributed by atoms with van der Waals surface area (Å²) in [6.45, 7) is 3.19. The van der Waals surface area contributed by atoms with Crippen LogP contribution in [0.3, 0.4) is 0 Å². The summed E-state index contributed by atoms with van der Waals surface area (Å²) in [5.74, 6) is 2.50. The molecule has 0 radical (unpaired) electrons. The maximum absolute atomic E-state index is 13.4. The summed E-state index contributed by atoms with van der Waals surface area (Å²) in [5, 5.41) is 3.13. The van der Waals surface area contributed by atoms with E-state index < -0.39 is 0 Å². The molecule has 3 aliphatic heterocycles. The van der Waals surface area contributed by atoms with Gasteiger partial charge in [0.05, 0.1) is 0 Å². The highest BCUT2D eigenvalue weighted by Gasteiger charge is 2.43. The van der Waals surface area contributed by atoms with Crippen LogP contribution in [0, 0.1) is 17.8 Å². The second-order valence-electron chi connectivity index (χ2n) is 11.4. The number of carbonyl (C=O) groups excluding carboxylic acids is 2. The Hall–Kier alpha value is -2.08. The monoisotopic (exact) mass is 465 g/mol. The Kier molecular flexibility index (Phi) is 6.04. The number of nitrogens with one attached hydrogen (secondary N) is 1. The summed E-state index contributed by atoms with van der Waals surface area (Å²) < 4.78 is 5.62. The lowest BCUT2D eigenvalue weighted by Crippen LogP contribution is -2.43. The molecule has 6 rings (SSSR count).